The SMILES string of the molecule is CC(C)OC(=O)CCNc1n[n+]([O-])c2cc(CN3C=CCC3)ccc2[n+]1[O-]. The summed E-state index contributed by atoms with van der Waals surface area (Å²) in [5, 5.41) is 31.2. The van der Waals surface area contributed by atoms with Crippen molar-refractivity contribution >= 4 is 23.0 Å². The summed E-state index contributed by atoms with van der Waals surface area (Å²) in [4.78, 5) is 14.1. The monoisotopic (exact) mass is 373 g/mol. The van der Waals surface area contributed by atoms with E-state index in [1.54, 1.807) is 26.0 Å². The van der Waals surface area contributed by atoms with Gasteiger partial charge in [-0.15, -0.1) is 0 Å². The smallest absolute Gasteiger partial charge is 0.460 e. The molecule has 1 aliphatic rings. The minimum absolute atomic E-state index is 0.0685. The van der Waals surface area contributed by atoms with Crippen molar-refractivity contribution in [2.24, 2.45) is 0 Å². The van der Waals surface area contributed by atoms with E-state index in [4.69, 9.17) is 4.74 Å². The molecule has 0 amide bonds. The third kappa shape index (κ3) is 4.55. The third-order valence-corrected chi connectivity index (χ3v) is 4.11. The van der Waals surface area contributed by atoms with E-state index in [0.29, 0.717) is 16.1 Å². The molecule has 1 aromatic carbocycles. The number of nitrogens with one attached hydrogen (secondary N) is 1. The molecule has 1 aliphatic heterocycles. The molecule has 1 aromatic heterocycles. The van der Waals surface area contributed by atoms with Gasteiger partial charge in [0.2, 0.25) is 5.10 Å². The van der Waals surface area contributed by atoms with E-state index >= 15 is 0 Å². The second-order valence-corrected chi connectivity index (χ2v) is 6.67. The molecule has 0 unspecified atom stereocenters. The van der Waals surface area contributed by atoms with Crippen molar-refractivity contribution in [3.8, 4) is 0 Å². The fraction of sp³-hybridized carbons (Fsp3) is 0.444. The Labute approximate surface area is 157 Å². The lowest BCUT2D eigenvalue weighted by Gasteiger charge is -2.15. The number of benzene rings is 1. The molecule has 0 radical (unpaired) electrons. The van der Waals surface area contributed by atoms with Gasteiger partial charge in [-0.25, -0.2) is 4.73 Å². The van der Waals surface area contributed by atoms with Crippen LogP contribution in [-0.2, 0) is 16.1 Å². The minimum Gasteiger partial charge on any atom is -0.739 e. The van der Waals surface area contributed by atoms with Gasteiger partial charge in [0.25, 0.3) is 5.52 Å². The van der Waals surface area contributed by atoms with E-state index < -0.39 is 0 Å². The number of carbonyl (C=O) groups is 1. The van der Waals surface area contributed by atoms with Crippen LogP contribution in [0.25, 0.3) is 11.0 Å². The number of nitrogens with zero attached hydrogens (tertiary/aromatic N) is 4. The summed E-state index contributed by atoms with van der Waals surface area (Å²) in [7, 11) is 0. The lowest BCUT2D eigenvalue weighted by atomic mass is 10.2. The zero-order valence-electron chi connectivity index (χ0n) is 15.4. The second-order valence-electron chi connectivity index (χ2n) is 6.67. The highest BCUT2D eigenvalue weighted by atomic mass is 16.5. The zero-order chi connectivity index (χ0) is 19.4. The topological polar surface area (TPSA) is 108 Å². The van der Waals surface area contributed by atoms with E-state index in [0.717, 1.165) is 18.5 Å². The number of ether oxygens (including phenoxy) is 1. The van der Waals surface area contributed by atoms with Crippen LogP contribution in [0, 0.1) is 10.4 Å². The maximum atomic E-state index is 12.5. The Balaban J connectivity index is 1.73. The maximum Gasteiger partial charge on any atom is 0.460 e. The highest BCUT2D eigenvalue weighted by Crippen LogP contribution is 2.14. The van der Waals surface area contributed by atoms with Crippen LogP contribution in [0.1, 0.15) is 32.3 Å². The van der Waals surface area contributed by atoms with E-state index in [1.165, 1.54) is 0 Å². The number of esters is 1. The van der Waals surface area contributed by atoms with E-state index in [1.807, 2.05) is 12.3 Å². The largest absolute Gasteiger partial charge is 0.739 e. The van der Waals surface area contributed by atoms with Gasteiger partial charge in [0.15, 0.2) is 5.52 Å². The van der Waals surface area contributed by atoms with Gasteiger partial charge >= 0.3 is 11.9 Å². The van der Waals surface area contributed by atoms with Gasteiger partial charge in [0.05, 0.1) is 19.1 Å². The van der Waals surface area contributed by atoms with Gasteiger partial charge < -0.3 is 20.1 Å². The molecule has 0 saturated heterocycles. The molecule has 0 bridgehead atoms. The van der Waals surface area contributed by atoms with Crippen LogP contribution in [0.3, 0.4) is 0 Å². The summed E-state index contributed by atoms with van der Waals surface area (Å²) < 4.78 is 5.59. The van der Waals surface area contributed by atoms with Crippen molar-refractivity contribution in [1.82, 2.24) is 10.00 Å². The summed E-state index contributed by atoms with van der Waals surface area (Å²) in [5.74, 6) is -0.531. The third-order valence-electron chi connectivity index (χ3n) is 4.11. The Hall–Kier alpha value is -3.10. The summed E-state index contributed by atoms with van der Waals surface area (Å²) in [6, 6.07) is 5.12. The first-order valence-electron chi connectivity index (χ1n) is 8.94. The summed E-state index contributed by atoms with van der Waals surface area (Å²) >= 11 is 0. The molecule has 0 fully saturated rings. The van der Waals surface area contributed by atoms with Crippen molar-refractivity contribution in [3.63, 3.8) is 0 Å². The molecule has 2 aromatic rings. The van der Waals surface area contributed by atoms with Crippen LogP contribution < -0.4 is 14.9 Å². The first-order valence-corrected chi connectivity index (χ1v) is 8.94. The quantitative estimate of drug-likeness (QED) is 0.438. The zero-order valence-corrected chi connectivity index (χ0v) is 15.4. The summed E-state index contributed by atoms with van der Waals surface area (Å²) in [6.07, 6.45) is 5.00. The molecule has 9 nitrogen and oxygen atoms in total. The molecule has 0 saturated carbocycles. The predicted molar refractivity (Wildman–Crippen MR) is 98.2 cm³/mol. The molecule has 27 heavy (non-hydrogen) atoms. The van der Waals surface area contributed by atoms with Gasteiger partial charge in [-0.2, -0.15) is 0 Å². The average Bonchev–Trinajstić information content (AvgIpc) is 3.11. The summed E-state index contributed by atoms with van der Waals surface area (Å²) in [6.45, 7) is 5.28. The van der Waals surface area contributed by atoms with Gasteiger partial charge in [-0.05, 0) is 38.1 Å². The van der Waals surface area contributed by atoms with Gasteiger partial charge in [-0.1, -0.05) is 12.1 Å². The molecule has 1 N–H and O–H groups in total. The van der Waals surface area contributed by atoms with Crippen LogP contribution in [0.5, 0.6) is 0 Å². The number of hydrogen-bond acceptors (Lipinski definition) is 7. The number of hydrogen-bond donors (Lipinski definition) is 1. The highest BCUT2D eigenvalue weighted by molar-refractivity contribution is 5.70. The number of carbonyl (C=O) groups excluding carboxylic acids is 1. The summed E-state index contributed by atoms with van der Waals surface area (Å²) in [5.41, 5.74) is 1.35. The fourth-order valence-electron chi connectivity index (χ4n) is 2.90. The van der Waals surface area contributed by atoms with Crippen molar-refractivity contribution in [2.45, 2.75) is 39.3 Å². The standard InChI is InChI=1S/C18H23N5O4/c1-13(2)27-17(24)7-8-19-18-20-23(26)16-11-14(5-6-15(16)22(18)25)12-21-9-3-4-10-21/h3,5-6,9,11,13H,4,7-8,10,12H2,1-2H3,(H,19,20). The van der Waals surface area contributed by atoms with Gasteiger partial charge in [0.1, 0.15) is 0 Å². The van der Waals surface area contributed by atoms with Crippen LogP contribution in [0.15, 0.2) is 30.5 Å². The van der Waals surface area contributed by atoms with Crippen molar-refractivity contribution < 1.29 is 19.1 Å². The molecular formula is C18H23N5O4. The van der Waals surface area contributed by atoms with Crippen molar-refractivity contribution in [3.05, 3.63) is 46.5 Å². The van der Waals surface area contributed by atoms with Crippen LogP contribution >= 0.6 is 0 Å². The molecular weight excluding hydrogens is 350 g/mol. The number of fused-ring (bicyclic) bond motifs is 1. The Morgan fingerprint density at radius 3 is 2.89 bits per heavy atom. The Bertz CT molecular complexity index is 868. The molecule has 9 heteroatoms. The van der Waals surface area contributed by atoms with Crippen molar-refractivity contribution in [2.75, 3.05) is 18.4 Å². The maximum absolute atomic E-state index is 12.5. The van der Waals surface area contributed by atoms with E-state index in [-0.39, 0.29) is 42.0 Å². The van der Waals surface area contributed by atoms with Gasteiger partial charge in [-0.3, -0.25) is 10.1 Å². The van der Waals surface area contributed by atoms with E-state index in [9.17, 15) is 15.2 Å². The Morgan fingerprint density at radius 2 is 2.19 bits per heavy atom. The number of aromatic nitrogens is 3. The molecule has 0 atom stereocenters. The lowest BCUT2D eigenvalue weighted by Crippen LogP contribution is -2.44. The first-order chi connectivity index (χ1) is 12.9. The average molecular weight is 373 g/mol. The highest BCUT2D eigenvalue weighted by Gasteiger charge is 2.21. The number of anilines is 1. The van der Waals surface area contributed by atoms with E-state index in [2.05, 4.69) is 21.4 Å². The molecule has 0 spiro atoms. The Morgan fingerprint density at radius 1 is 1.37 bits per heavy atom. The second kappa shape index (κ2) is 8.07. The predicted octanol–water partition coefficient (Wildman–Crippen LogP) is 0.975. The van der Waals surface area contributed by atoms with Crippen LogP contribution in [0.4, 0.5) is 5.95 Å². The Kier molecular flexibility index (Phi) is 5.58. The molecule has 0 aliphatic carbocycles. The van der Waals surface area contributed by atoms with Gasteiger partial charge in [0, 0.05) is 24.0 Å². The molecule has 3 rings (SSSR count). The van der Waals surface area contributed by atoms with Crippen LogP contribution in [-0.4, -0.2) is 35.2 Å². The normalized spacial score (nSPS) is 13.5. The first kappa shape index (κ1) is 18.7. The number of rotatable bonds is 7. The minimum atomic E-state index is -0.383. The van der Waals surface area contributed by atoms with Crippen LogP contribution in [0.2, 0.25) is 0 Å². The lowest BCUT2D eigenvalue weighted by molar-refractivity contribution is -0.672. The molecule has 144 valence electrons. The fourth-order valence-corrected chi connectivity index (χ4v) is 2.90. The van der Waals surface area contributed by atoms with Crippen molar-refractivity contribution in [1.29, 1.82) is 0 Å². The molecule has 2 heterocycles.